The molecular weight excluding hydrogens is 564 g/mol. The summed E-state index contributed by atoms with van der Waals surface area (Å²) in [6.45, 7) is 8.58. The van der Waals surface area contributed by atoms with Gasteiger partial charge in [-0.05, 0) is 42.0 Å². The van der Waals surface area contributed by atoms with Gasteiger partial charge in [0.25, 0.3) is 5.91 Å². The van der Waals surface area contributed by atoms with E-state index in [0.29, 0.717) is 50.1 Å². The number of piperazine rings is 1. The van der Waals surface area contributed by atoms with Gasteiger partial charge in [-0.25, -0.2) is 0 Å². The van der Waals surface area contributed by atoms with Gasteiger partial charge in [-0.15, -0.1) is 0 Å². The molecule has 0 aromatic heterocycles. The molecule has 230 valence electrons. The third-order valence-electron chi connectivity index (χ3n) is 7.87. The molecule has 45 heavy (non-hydrogen) atoms. The molecule has 2 aliphatic rings. The summed E-state index contributed by atoms with van der Waals surface area (Å²) in [5.41, 5.74) is 4.08. The highest BCUT2D eigenvalue weighted by molar-refractivity contribution is 6.07. The van der Waals surface area contributed by atoms with Crippen molar-refractivity contribution >= 4 is 17.3 Å². The SMILES string of the molecule is C=C1N(Cc2cccc(OCCOc3ccccc3)c2)C(C(=O)N2CCNCC2)=C(c2ccccc2)N1c1ccccc1OC. The monoisotopic (exact) mass is 602 g/mol. The standard InChI is InChI=1S/C37H38N4O4/c1-28-40(27-29-12-11-17-32(26-29)45-25-24-44-31-15-7-4-8-16-31)36(37(42)39-22-20-38-21-23-39)35(30-13-5-3-6-14-30)41(28)33-18-9-10-19-34(33)43-2/h3-19,26,38H,1,20-25,27H2,2H3. The lowest BCUT2D eigenvalue weighted by molar-refractivity contribution is -0.129. The first-order valence-corrected chi connectivity index (χ1v) is 15.2. The van der Waals surface area contributed by atoms with E-state index in [1.165, 1.54) is 0 Å². The Morgan fingerprint density at radius 2 is 1.44 bits per heavy atom. The summed E-state index contributed by atoms with van der Waals surface area (Å²) in [7, 11) is 1.66. The van der Waals surface area contributed by atoms with Gasteiger partial charge < -0.3 is 29.3 Å². The molecule has 1 saturated heterocycles. The molecule has 0 atom stereocenters. The molecule has 0 spiro atoms. The normalized spacial score (nSPS) is 15.0. The maximum Gasteiger partial charge on any atom is 0.272 e. The van der Waals surface area contributed by atoms with Crippen molar-refractivity contribution in [1.82, 2.24) is 15.1 Å². The fraction of sp³-hybridized carbons (Fsp3) is 0.216. The maximum absolute atomic E-state index is 14.5. The summed E-state index contributed by atoms with van der Waals surface area (Å²) < 4.78 is 17.6. The van der Waals surface area contributed by atoms with Gasteiger partial charge in [0, 0.05) is 38.3 Å². The van der Waals surface area contributed by atoms with Gasteiger partial charge in [-0.1, -0.05) is 79.4 Å². The average Bonchev–Trinajstić information content (AvgIpc) is 3.38. The predicted molar refractivity (Wildman–Crippen MR) is 177 cm³/mol. The van der Waals surface area contributed by atoms with Crippen molar-refractivity contribution in [2.45, 2.75) is 6.54 Å². The Kier molecular flexibility index (Phi) is 9.32. The molecule has 1 fully saturated rings. The molecular formula is C37H38N4O4. The Labute approximate surface area is 264 Å². The molecule has 2 heterocycles. The Balaban J connectivity index is 1.34. The van der Waals surface area contributed by atoms with Crippen molar-refractivity contribution < 1.29 is 19.0 Å². The fourth-order valence-corrected chi connectivity index (χ4v) is 5.71. The van der Waals surface area contributed by atoms with Crippen molar-refractivity contribution in [1.29, 1.82) is 0 Å². The van der Waals surface area contributed by atoms with Gasteiger partial charge >= 0.3 is 0 Å². The molecule has 0 aliphatic carbocycles. The number of amides is 1. The van der Waals surface area contributed by atoms with Crippen LogP contribution in [0.1, 0.15) is 11.1 Å². The second-order valence-corrected chi connectivity index (χ2v) is 10.8. The molecule has 4 aromatic rings. The third-order valence-corrected chi connectivity index (χ3v) is 7.87. The van der Waals surface area contributed by atoms with E-state index in [1.54, 1.807) is 7.11 Å². The number of carbonyl (C=O) groups excluding carboxylic acids is 1. The zero-order valence-electron chi connectivity index (χ0n) is 25.5. The van der Waals surface area contributed by atoms with Gasteiger partial charge in [-0.2, -0.15) is 0 Å². The van der Waals surface area contributed by atoms with Crippen LogP contribution < -0.4 is 24.4 Å². The van der Waals surface area contributed by atoms with Gasteiger partial charge in [0.15, 0.2) is 0 Å². The number of benzene rings is 4. The first kappa shape index (κ1) is 29.8. The number of hydrogen-bond acceptors (Lipinski definition) is 7. The third kappa shape index (κ3) is 6.66. The number of methoxy groups -OCH3 is 1. The van der Waals surface area contributed by atoms with Crippen LogP contribution in [0.5, 0.6) is 17.2 Å². The number of nitrogens with zero attached hydrogens (tertiary/aromatic N) is 3. The van der Waals surface area contributed by atoms with Crippen LogP contribution in [-0.4, -0.2) is 62.2 Å². The van der Waals surface area contributed by atoms with Crippen molar-refractivity contribution in [2.24, 2.45) is 0 Å². The van der Waals surface area contributed by atoms with Gasteiger partial charge in [-0.3, -0.25) is 9.69 Å². The number of rotatable bonds is 11. The van der Waals surface area contributed by atoms with Crippen LogP contribution in [0.4, 0.5) is 5.69 Å². The molecule has 6 rings (SSSR count). The summed E-state index contributed by atoms with van der Waals surface area (Å²) in [4.78, 5) is 20.5. The van der Waals surface area contributed by atoms with Crippen LogP contribution >= 0.6 is 0 Å². The summed E-state index contributed by atoms with van der Waals surface area (Å²) in [5, 5.41) is 3.36. The predicted octanol–water partition coefficient (Wildman–Crippen LogP) is 5.75. The Bertz CT molecular complexity index is 1650. The number of para-hydroxylation sites is 3. The average molecular weight is 603 g/mol. The minimum atomic E-state index is -0.0284. The Morgan fingerprint density at radius 1 is 0.800 bits per heavy atom. The molecule has 1 amide bonds. The number of carbonyl (C=O) groups is 1. The molecule has 2 aliphatic heterocycles. The van der Waals surface area contributed by atoms with Crippen LogP contribution in [0, 0.1) is 0 Å². The van der Waals surface area contributed by atoms with Gasteiger partial charge in [0.2, 0.25) is 0 Å². The molecule has 0 unspecified atom stereocenters. The summed E-state index contributed by atoms with van der Waals surface area (Å²) in [6.07, 6.45) is 0. The molecule has 8 heteroatoms. The van der Waals surface area contributed by atoms with Gasteiger partial charge in [0.05, 0.1) is 18.5 Å². The summed E-state index contributed by atoms with van der Waals surface area (Å²) >= 11 is 0. The van der Waals surface area contributed by atoms with E-state index in [-0.39, 0.29) is 5.91 Å². The summed E-state index contributed by atoms with van der Waals surface area (Å²) in [5.74, 6) is 2.87. The van der Waals surface area contributed by atoms with Crippen LogP contribution in [0.3, 0.4) is 0 Å². The fourth-order valence-electron chi connectivity index (χ4n) is 5.71. The van der Waals surface area contributed by atoms with Crippen molar-refractivity contribution in [3.05, 3.63) is 138 Å². The lowest BCUT2D eigenvalue weighted by Gasteiger charge is -2.31. The zero-order chi connectivity index (χ0) is 31.0. The molecule has 0 saturated carbocycles. The largest absolute Gasteiger partial charge is 0.495 e. The lowest BCUT2D eigenvalue weighted by atomic mass is 10.1. The van der Waals surface area contributed by atoms with E-state index in [9.17, 15) is 4.79 Å². The quantitative estimate of drug-likeness (QED) is 0.220. The molecule has 0 radical (unpaired) electrons. The summed E-state index contributed by atoms with van der Waals surface area (Å²) in [6, 6.07) is 35.5. The van der Waals surface area contributed by atoms with Crippen LogP contribution in [0.25, 0.3) is 5.70 Å². The van der Waals surface area contributed by atoms with Crippen LogP contribution in [0.15, 0.2) is 127 Å². The number of nitrogens with one attached hydrogen (secondary N) is 1. The first-order chi connectivity index (χ1) is 22.1. The topological polar surface area (TPSA) is 66.5 Å². The second kappa shape index (κ2) is 14.1. The van der Waals surface area contributed by atoms with E-state index in [4.69, 9.17) is 14.2 Å². The minimum Gasteiger partial charge on any atom is -0.495 e. The van der Waals surface area contributed by atoms with Gasteiger partial charge in [0.1, 0.15) is 42.0 Å². The second-order valence-electron chi connectivity index (χ2n) is 10.8. The van der Waals surface area contributed by atoms with E-state index in [1.807, 2.05) is 124 Å². The number of anilines is 1. The van der Waals surface area contributed by atoms with E-state index in [0.717, 1.165) is 47.1 Å². The minimum absolute atomic E-state index is 0.0284. The molecule has 4 aromatic carbocycles. The first-order valence-electron chi connectivity index (χ1n) is 15.2. The van der Waals surface area contributed by atoms with Crippen molar-refractivity contribution in [3.8, 4) is 17.2 Å². The molecule has 1 N–H and O–H groups in total. The Morgan fingerprint density at radius 3 is 2.18 bits per heavy atom. The van der Waals surface area contributed by atoms with Crippen molar-refractivity contribution in [2.75, 3.05) is 51.4 Å². The zero-order valence-corrected chi connectivity index (χ0v) is 25.5. The highest BCUT2D eigenvalue weighted by Crippen LogP contribution is 2.45. The van der Waals surface area contributed by atoms with E-state index >= 15 is 0 Å². The van der Waals surface area contributed by atoms with Crippen LogP contribution in [-0.2, 0) is 11.3 Å². The molecule has 8 nitrogen and oxygen atoms in total. The van der Waals surface area contributed by atoms with Crippen LogP contribution in [0.2, 0.25) is 0 Å². The molecule has 0 bridgehead atoms. The number of hydrogen-bond donors (Lipinski definition) is 1. The highest BCUT2D eigenvalue weighted by atomic mass is 16.5. The maximum atomic E-state index is 14.5. The van der Waals surface area contributed by atoms with E-state index in [2.05, 4.69) is 11.9 Å². The number of ether oxygens (including phenoxy) is 3. The Hall–Kier alpha value is -5.21. The lowest BCUT2D eigenvalue weighted by Crippen LogP contribution is -2.48. The highest BCUT2D eigenvalue weighted by Gasteiger charge is 2.41. The smallest absolute Gasteiger partial charge is 0.272 e. The van der Waals surface area contributed by atoms with Crippen molar-refractivity contribution in [3.63, 3.8) is 0 Å². The van der Waals surface area contributed by atoms with E-state index < -0.39 is 0 Å².